The van der Waals surface area contributed by atoms with Crippen LogP contribution in [0.3, 0.4) is 0 Å². The van der Waals surface area contributed by atoms with Gasteiger partial charge in [-0.05, 0) is 37.6 Å². The molecule has 5 aromatic rings. The first kappa shape index (κ1) is 18.0. The van der Waals surface area contributed by atoms with E-state index in [1.165, 1.54) is 6.33 Å². The molecule has 0 atom stereocenters. The fourth-order valence-corrected chi connectivity index (χ4v) is 3.68. The van der Waals surface area contributed by atoms with Crippen molar-refractivity contribution in [2.45, 2.75) is 20.4 Å². The number of rotatable bonds is 3. The standard InChI is InChI=1S/C22H19N7O/c1-13-7-8-16-15(9-13)22(30)29(17-6-4-3-5-14(17)2)18(27-16)10-28-12-26-19-20(23)24-11-25-21(19)28/h3-9,11-12H,10H2,1-2H3,(H2,23,24,25). The molecule has 2 N–H and O–H groups in total. The van der Waals surface area contributed by atoms with Gasteiger partial charge in [0.05, 0.1) is 29.5 Å². The molecule has 0 spiro atoms. The average molecular weight is 397 g/mol. The van der Waals surface area contributed by atoms with Crippen molar-refractivity contribution in [1.29, 1.82) is 0 Å². The summed E-state index contributed by atoms with van der Waals surface area (Å²) in [6.07, 6.45) is 3.05. The fraction of sp³-hybridized carbons (Fsp3) is 0.136. The molecule has 0 saturated carbocycles. The number of benzene rings is 2. The fourth-order valence-electron chi connectivity index (χ4n) is 3.68. The van der Waals surface area contributed by atoms with Gasteiger partial charge in [0, 0.05) is 0 Å². The number of hydrogen-bond acceptors (Lipinski definition) is 6. The lowest BCUT2D eigenvalue weighted by Gasteiger charge is -2.16. The zero-order valence-corrected chi connectivity index (χ0v) is 16.6. The van der Waals surface area contributed by atoms with Gasteiger partial charge in [-0.3, -0.25) is 9.36 Å². The highest BCUT2D eigenvalue weighted by atomic mass is 16.1. The van der Waals surface area contributed by atoms with Crippen LogP contribution in [0.1, 0.15) is 17.0 Å². The van der Waals surface area contributed by atoms with Crippen molar-refractivity contribution in [2.24, 2.45) is 0 Å². The molecule has 0 unspecified atom stereocenters. The summed E-state index contributed by atoms with van der Waals surface area (Å²) in [6.45, 7) is 4.25. The second-order valence-electron chi connectivity index (χ2n) is 7.28. The van der Waals surface area contributed by atoms with Crippen molar-refractivity contribution in [2.75, 3.05) is 5.73 Å². The van der Waals surface area contributed by atoms with Gasteiger partial charge in [-0.25, -0.2) is 19.9 Å². The van der Waals surface area contributed by atoms with Crippen LogP contribution in [0.5, 0.6) is 0 Å². The van der Waals surface area contributed by atoms with E-state index in [9.17, 15) is 4.79 Å². The van der Waals surface area contributed by atoms with Crippen LogP contribution in [-0.4, -0.2) is 29.1 Å². The van der Waals surface area contributed by atoms with Crippen LogP contribution in [0, 0.1) is 13.8 Å². The van der Waals surface area contributed by atoms with Gasteiger partial charge in [0.15, 0.2) is 11.5 Å². The lowest BCUT2D eigenvalue weighted by molar-refractivity contribution is 0.717. The molecule has 0 amide bonds. The lowest BCUT2D eigenvalue weighted by atomic mass is 10.1. The van der Waals surface area contributed by atoms with E-state index in [-0.39, 0.29) is 5.56 Å². The number of aryl methyl sites for hydroxylation is 2. The van der Waals surface area contributed by atoms with Gasteiger partial charge in [-0.15, -0.1) is 0 Å². The Kier molecular flexibility index (Phi) is 4.06. The molecular formula is C22H19N7O. The number of nitrogens with two attached hydrogens (primary N) is 1. The van der Waals surface area contributed by atoms with Crippen molar-refractivity contribution >= 4 is 27.9 Å². The number of imidazole rings is 1. The SMILES string of the molecule is Cc1ccc2nc(Cn3cnc4c(N)ncnc43)n(-c3ccccc3C)c(=O)c2c1. The van der Waals surface area contributed by atoms with E-state index < -0.39 is 0 Å². The van der Waals surface area contributed by atoms with E-state index in [0.717, 1.165) is 16.8 Å². The van der Waals surface area contributed by atoms with Gasteiger partial charge in [0.25, 0.3) is 5.56 Å². The van der Waals surface area contributed by atoms with Gasteiger partial charge in [-0.2, -0.15) is 0 Å². The molecular weight excluding hydrogens is 378 g/mol. The first-order valence-electron chi connectivity index (χ1n) is 9.52. The minimum Gasteiger partial charge on any atom is -0.382 e. The van der Waals surface area contributed by atoms with Crippen molar-refractivity contribution < 1.29 is 0 Å². The van der Waals surface area contributed by atoms with Gasteiger partial charge in [-0.1, -0.05) is 29.8 Å². The van der Waals surface area contributed by atoms with Gasteiger partial charge < -0.3 is 10.3 Å². The molecule has 0 aliphatic rings. The summed E-state index contributed by atoms with van der Waals surface area (Å²) in [6, 6.07) is 13.5. The summed E-state index contributed by atoms with van der Waals surface area (Å²) < 4.78 is 3.50. The maximum absolute atomic E-state index is 13.6. The van der Waals surface area contributed by atoms with E-state index in [1.807, 2.05) is 60.9 Å². The number of hydrogen-bond donors (Lipinski definition) is 1. The molecule has 5 rings (SSSR count). The van der Waals surface area contributed by atoms with Gasteiger partial charge in [0.2, 0.25) is 0 Å². The Labute approximate surface area is 171 Å². The predicted molar refractivity (Wildman–Crippen MR) is 116 cm³/mol. The highest BCUT2D eigenvalue weighted by Crippen LogP contribution is 2.20. The largest absolute Gasteiger partial charge is 0.382 e. The molecule has 0 fully saturated rings. The average Bonchev–Trinajstić information content (AvgIpc) is 3.14. The van der Waals surface area contributed by atoms with Gasteiger partial charge >= 0.3 is 0 Å². The Morgan fingerprint density at radius 3 is 2.70 bits per heavy atom. The predicted octanol–water partition coefficient (Wildman–Crippen LogP) is 2.77. The molecule has 30 heavy (non-hydrogen) atoms. The molecule has 0 aliphatic heterocycles. The second-order valence-corrected chi connectivity index (χ2v) is 7.28. The zero-order valence-electron chi connectivity index (χ0n) is 16.6. The first-order chi connectivity index (χ1) is 14.5. The molecule has 2 aromatic carbocycles. The highest BCUT2D eigenvalue weighted by molar-refractivity contribution is 5.81. The summed E-state index contributed by atoms with van der Waals surface area (Å²) in [5.74, 6) is 0.902. The Bertz CT molecular complexity index is 1480. The van der Waals surface area contributed by atoms with E-state index in [2.05, 4.69) is 15.0 Å². The summed E-state index contributed by atoms with van der Waals surface area (Å²) in [7, 11) is 0. The van der Waals surface area contributed by atoms with Crippen LogP contribution in [0.2, 0.25) is 0 Å². The maximum atomic E-state index is 13.6. The van der Waals surface area contributed by atoms with Crippen LogP contribution in [0.4, 0.5) is 5.82 Å². The quantitative estimate of drug-likeness (QED) is 0.502. The van der Waals surface area contributed by atoms with E-state index in [4.69, 9.17) is 10.7 Å². The molecule has 8 heteroatoms. The summed E-state index contributed by atoms with van der Waals surface area (Å²) >= 11 is 0. The molecule has 148 valence electrons. The second kappa shape index (κ2) is 6.77. The third-order valence-electron chi connectivity index (χ3n) is 5.19. The molecule has 0 radical (unpaired) electrons. The van der Waals surface area contributed by atoms with Gasteiger partial charge in [0.1, 0.15) is 17.7 Å². The Morgan fingerprint density at radius 2 is 1.87 bits per heavy atom. The van der Waals surface area contributed by atoms with E-state index >= 15 is 0 Å². The maximum Gasteiger partial charge on any atom is 0.266 e. The highest BCUT2D eigenvalue weighted by Gasteiger charge is 2.17. The molecule has 3 aromatic heterocycles. The number of anilines is 1. The minimum atomic E-state index is -0.105. The topological polar surface area (TPSA) is 105 Å². The number of aromatic nitrogens is 6. The van der Waals surface area contributed by atoms with Crippen LogP contribution >= 0.6 is 0 Å². The molecule has 3 heterocycles. The van der Waals surface area contributed by atoms with Crippen molar-refractivity contribution in [1.82, 2.24) is 29.1 Å². The normalized spacial score (nSPS) is 11.4. The number of para-hydroxylation sites is 1. The number of nitrogens with zero attached hydrogens (tertiary/aromatic N) is 6. The smallest absolute Gasteiger partial charge is 0.266 e. The van der Waals surface area contributed by atoms with E-state index in [1.54, 1.807) is 10.9 Å². The zero-order chi connectivity index (χ0) is 20.8. The summed E-state index contributed by atoms with van der Waals surface area (Å²) in [4.78, 5) is 31.0. The Morgan fingerprint density at radius 1 is 1.03 bits per heavy atom. The minimum absolute atomic E-state index is 0.105. The Hall–Kier alpha value is -4.07. The van der Waals surface area contributed by atoms with Crippen molar-refractivity contribution in [3.8, 4) is 5.69 Å². The number of nitrogen functional groups attached to an aromatic ring is 1. The van der Waals surface area contributed by atoms with Crippen LogP contribution in [-0.2, 0) is 6.54 Å². The van der Waals surface area contributed by atoms with Crippen LogP contribution in [0.25, 0.3) is 27.8 Å². The molecule has 0 saturated heterocycles. The first-order valence-corrected chi connectivity index (χ1v) is 9.52. The van der Waals surface area contributed by atoms with Crippen molar-refractivity contribution in [3.05, 3.63) is 82.4 Å². The third-order valence-corrected chi connectivity index (χ3v) is 5.19. The van der Waals surface area contributed by atoms with E-state index in [0.29, 0.717) is 40.3 Å². The van der Waals surface area contributed by atoms with Crippen LogP contribution < -0.4 is 11.3 Å². The summed E-state index contributed by atoms with van der Waals surface area (Å²) in [5.41, 5.74) is 10.4. The summed E-state index contributed by atoms with van der Waals surface area (Å²) in [5, 5.41) is 0.587. The Balaban J connectivity index is 1.79. The monoisotopic (exact) mass is 397 g/mol. The third kappa shape index (κ3) is 2.81. The van der Waals surface area contributed by atoms with Crippen molar-refractivity contribution in [3.63, 3.8) is 0 Å². The molecule has 8 nitrogen and oxygen atoms in total. The number of fused-ring (bicyclic) bond motifs is 2. The van der Waals surface area contributed by atoms with Crippen LogP contribution in [0.15, 0.2) is 59.9 Å². The molecule has 0 aliphatic carbocycles. The lowest BCUT2D eigenvalue weighted by Crippen LogP contribution is -2.26. The molecule has 0 bridgehead atoms.